The first-order chi connectivity index (χ1) is 14.0. The van der Waals surface area contributed by atoms with Crippen molar-refractivity contribution in [2.45, 2.75) is 59.5 Å². The Labute approximate surface area is 177 Å². The van der Waals surface area contributed by atoms with E-state index in [0.29, 0.717) is 12.6 Å². The van der Waals surface area contributed by atoms with Gasteiger partial charge in [-0.05, 0) is 46.7 Å². The van der Waals surface area contributed by atoms with Crippen LogP contribution in [-0.4, -0.2) is 62.8 Å². The monoisotopic (exact) mass is 418 g/mol. The van der Waals surface area contributed by atoms with Gasteiger partial charge in [0, 0.05) is 37.5 Å². The predicted molar refractivity (Wildman–Crippen MR) is 118 cm³/mol. The molecule has 29 heavy (non-hydrogen) atoms. The van der Waals surface area contributed by atoms with Crippen molar-refractivity contribution in [2.24, 2.45) is 12.0 Å². The summed E-state index contributed by atoms with van der Waals surface area (Å²) in [6.45, 7) is 12.9. The SMILES string of the molecule is CCN1CCCC1CNC(=NCc1nnc(C)n1C)NCCc1nc(C)c(C)s1. The van der Waals surface area contributed by atoms with Crippen molar-refractivity contribution in [1.29, 1.82) is 0 Å². The zero-order chi connectivity index (χ0) is 20.8. The molecule has 9 heteroatoms. The first-order valence-electron chi connectivity index (χ1n) is 10.5. The Bertz CT molecular complexity index is 805. The number of aromatic nitrogens is 4. The van der Waals surface area contributed by atoms with Gasteiger partial charge in [0.25, 0.3) is 0 Å². The second-order valence-corrected chi connectivity index (χ2v) is 8.91. The van der Waals surface area contributed by atoms with E-state index in [1.54, 1.807) is 11.3 Å². The molecule has 1 aliphatic heterocycles. The summed E-state index contributed by atoms with van der Waals surface area (Å²) < 4.78 is 1.98. The van der Waals surface area contributed by atoms with Gasteiger partial charge in [-0.15, -0.1) is 21.5 Å². The van der Waals surface area contributed by atoms with Gasteiger partial charge in [-0.3, -0.25) is 4.90 Å². The lowest BCUT2D eigenvalue weighted by atomic mass is 10.2. The highest BCUT2D eigenvalue weighted by atomic mass is 32.1. The number of aryl methyl sites for hydroxylation is 3. The van der Waals surface area contributed by atoms with Crippen molar-refractivity contribution in [3.8, 4) is 0 Å². The Balaban J connectivity index is 1.59. The molecule has 2 aromatic rings. The van der Waals surface area contributed by atoms with Crippen molar-refractivity contribution in [3.63, 3.8) is 0 Å². The van der Waals surface area contributed by atoms with Crippen LogP contribution in [0.5, 0.6) is 0 Å². The van der Waals surface area contributed by atoms with Crippen LogP contribution in [0, 0.1) is 20.8 Å². The van der Waals surface area contributed by atoms with Crippen LogP contribution in [0.3, 0.4) is 0 Å². The molecule has 2 N–H and O–H groups in total. The molecule has 1 unspecified atom stereocenters. The molecule has 1 fully saturated rings. The van der Waals surface area contributed by atoms with Gasteiger partial charge in [0.05, 0.1) is 10.7 Å². The summed E-state index contributed by atoms with van der Waals surface area (Å²) in [7, 11) is 1.98. The van der Waals surface area contributed by atoms with E-state index in [2.05, 4.69) is 51.5 Å². The number of hydrogen-bond donors (Lipinski definition) is 2. The molecular formula is C20H34N8S. The topological polar surface area (TPSA) is 83.3 Å². The summed E-state index contributed by atoms with van der Waals surface area (Å²) in [5, 5.41) is 16.5. The number of nitrogens with one attached hydrogen (secondary N) is 2. The first kappa shape index (κ1) is 21.7. The Kier molecular flexibility index (Phi) is 7.60. The van der Waals surface area contributed by atoms with Crippen LogP contribution in [0.1, 0.15) is 47.0 Å². The summed E-state index contributed by atoms with van der Waals surface area (Å²) in [5.41, 5.74) is 1.13. The van der Waals surface area contributed by atoms with Gasteiger partial charge in [0.15, 0.2) is 11.8 Å². The maximum atomic E-state index is 4.77. The molecule has 3 heterocycles. The van der Waals surface area contributed by atoms with Crippen molar-refractivity contribution in [3.05, 3.63) is 27.2 Å². The fourth-order valence-corrected chi connectivity index (χ4v) is 4.54. The van der Waals surface area contributed by atoms with Gasteiger partial charge in [0.1, 0.15) is 12.4 Å². The highest BCUT2D eigenvalue weighted by Gasteiger charge is 2.22. The summed E-state index contributed by atoms with van der Waals surface area (Å²) in [6, 6.07) is 0.577. The Hall–Kier alpha value is -2.00. The smallest absolute Gasteiger partial charge is 0.191 e. The van der Waals surface area contributed by atoms with Crippen molar-refractivity contribution >= 4 is 17.3 Å². The average molecular weight is 419 g/mol. The van der Waals surface area contributed by atoms with E-state index in [1.807, 2.05) is 18.5 Å². The minimum atomic E-state index is 0.504. The van der Waals surface area contributed by atoms with E-state index in [4.69, 9.17) is 4.99 Å². The van der Waals surface area contributed by atoms with E-state index in [1.165, 1.54) is 29.3 Å². The highest BCUT2D eigenvalue weighted by Crippen LogP contribution is 2.17. The van der Waals surface area contributed by atoms with Crippen LogP contribution in [0.25, 0.3) is 0 Å². The van der Waals surface area contributed by atoms with Gasteiger partial charge in [-0.2, -0.15) is 0 Å². The number of thiazole rings is 1. The van der Waals surface area contributed by atoms with Crippen molar-refractivity contribution < 1.29 is 0 Å². The molecule has 0 saturated carbocycles. The lowest BCUT2D eigenvalue weighted by Gasteiger charge is -2.24. The van der Waals surface area contributed by atoms with Gasteiger partial charge in [0.2, 0.25) is 0 Å². The summed E-state index contributed by atoms with van der Waals surface area (Å²) in [6.07, 6.45) is 3.42. The molecule has 0 spiro atoms. The van der Waals surface area contributed by atoms with Crippen LogP contribution < -0.4 is 10.6 Å². The Morgan fingerprint density at radius 3 is 2.72 bits per heavy atom. The van der Waals surface area contributed by atoms with Gasteiger partial charge in [-0.1, -0.05) is 6.92 Å². The van der Waals surface area contributed by atoms with Gasteiger partial charge < -0.3 is 15.2 Å². The summed E-state index contributed by atoms with van der Waals surface area (Å²) in [4.78, 5) is 13.2. The molecule has 0 bridgehead atoms. The Morgan fingerprint density at radius 2 is 2.07 bits per heavy atom. The number of rotatable bonds is 8. The molecule has 1 saturated heterocycles. The largest absolute Gasteiger partial charge is 0.356 e. The maximum Gasteiger partial charge on any atom is 0.191 e. The number of likely N-dealkylation sites (tertiary alicyclic amines) is 1. The molecule has 0 radical (unpaired) electrons. The molecule has 0 amide bonds. The molecule has 1 atom stereocenters. The number of hydrogen-bond acceptors (Lipinski definition) is 6. The minimum Gasteiger partial charge on any atom is -0.356 e. The Morgan fingerprint density at radius 1 is 1.24 bits per heavy atom. The van der Waals surface area contributed by atoms with Crippen LogP contribution in [0.4, 0.5) is 0 Å². The molecule has 0 aliphatic carbocycles. The molecule has 2 aromatic heterocycles. The third-order valence-electron chi connectivity index (χ3n) is 5.68. The van der Waals surface area contributed by atoms with Crippen molar-refractivity contribution in [2.75, 3.05) is 26.2 Å². The van der Waals surface area contributed by atoms with E-state index >= 15 is 0 Å². The third kappa shape index (κ3) is 5.76. The molecule has 3 rings (SSSR count). The molecule has 1 aliphatic rings. The average Bonchev–Trinajstić information content (AvgIpc) is 3.38. The third-order valence-corrected chi connectivity index (χ3v) is 6.81. The van der Waals surface area contributed by atoms with E-state index in [-0.39, 0.29) is 0 Å². The van der Waals surface area contributed by atoms with Gasteiger partial charge >= 0.3 is 0 Å². The normalized spacial score (nSPS) is 17.8. The fraction of sp³-hybridized carbons (Fsp3) is 0.700. The van der Waals surface area contributed by atoms with E-state index < -0.39 is 0 Å². The molecule has 8 nitrogen and oxygen atoms in total. The van der Waals surface area contributed by atoms with Crippen LogP contribution in [0.2, 0.25) is 0 Å². The van der Waals surface area contributed by atoms with Crippen LogP contribution in [-0.2, 0) is 20.0 Å². The first-order valence-corrected chi connectivity index (χ1v) is 11.3. The number of likely N-dealkylation sites (N-methyl/N-ethyl adjacent to an activating group) is 1. The molecular weight excluding hydrogens is 384 g/mol. The minimum absolute atomic E-state index is 0.504. The zero-order valence-corrected chi connectivity index (χ0v) is 19.1. The number of guanidine groups is 1. The maximum absolute atomic E-state index is 4.77. The second kappa shape index (κ2) is 10.2. The lowest BCUT2D eigenvalue weighted by Crippen LogP contribution is -2.45. The second-order valence-electron chi connectivity index (χ2n) is 7.62. The summed E-state index contributed by atoms with van der Waals surface area (Å²) in [5.74, 6) is 2.60. The fourth-order valence-electron chi connectivity index (χ4n) is 3.60. The van der Waals surface area contributed by atoms with E-state index in [9.17, 15) is 0 Å². The van der Waals surface area contributed by atoms with Crippen LogP contribution in [0.15, 0.2) is 4.99 Å². The quantitative estimate of drug-likeness (QED) is 0.504. The highest BCUT2D eigenvalue weighted by molar-refractivity contribution is 7.11. The lowest BCUT2D eigenvalue weighted by molar-refractivity contribution is 0.267. The predicted octanol–water partition coefficient (Wildman–Crippen LogP) is 1.96. The van der Waals surface area contributed by atoms with Crippen LogP contribution >= 0.6 is 11.3 Å². The molecule has 160 valence electrons. The summed E-state index contributed by atoms with van der Waals surface area (Å²) >= 11 is 1.78. The number of aliphatic imine (C=N–C) groups is 1. The van der Waals surface area contributed by atoms with Crippen molar-refractivity contribution in [1.82, 2.24) is 35.3 Å². The van der Waals surface area contributed by atoms with Gasteiger partial charge in [-0.25, -0.2) is 9.98 Å². The standard InChI is InChI=1S/C20H34N8S/c1-6-28-11-7-8-17(28)12-22-20(23-13-18-26-25-16(4)27(18)5)21-10-9-19-24-14(2)15(3)29-19/h17H,6-13H2,1-5H3,(H2,21,22,23). The number of nitrogens with zero attached hydrogens (tertiary/aromatic N) is 6. The van der Waals surface area contributed by atoms with E-state index in [0.717, 1.165) is 49.4 Å². The zero-order valence-electron chi connectivity index (χ0n) is 18.3. The molecule has 0 aromatic carbocycles.